The quantitative estimate of drug-likeness (QED) is 0.806. The van der Waals surface area contributed by atoms with Crippen LogP contribution in [0.15, 0.2) is 0 Å². The van der Waals surface area contributed by atoms with Gasteiger partial charge < -0.3 is 20.5 Å². The van der Waals surface area contributed by atoms with Crippen LogP contribution in [0.3, 0.4) is 0 Å². The first-order chi connectivity index (χ1) is 10.7. The number of nitrogens with two attached hydrogens (primary N) is 1. The van der Waals surface area contributed by atoms with Crippen molar-refractivity contribution in [2.75, 3.05) is 24.8 Å². The number of nitrogen functional groups attached to an aromatic ring is 1. The molecule has 1 fully saturated rings. The zero-order valence-electron chi connectivity index (χ0n) is 13.9. The number of nitrogens with one attached hydrogen (secondary N) is 1. The molecular formula is C16H28N4O2. The smallest absolute Gasteiger partial charge is 0.242 e. The van der Waals surface area contributed by atoms with E-state index in [2.05, 4.69) is 29.1 Å². The van der Waals surface area contributed by atoms with Crippen molar-refractivity contribution < 1.29 is 9.47 Å². The normalized spacial score (nSPS) is 21.6. The van der Waals surface area contributed by atoms with E-state index in [1.807, 2.05) is 0 Å². The van der Waals surface area contributed by atoms with Crippen molar-refractivity contribution in [1.82, 2.24) is 9.97 Å². The van der Waals surface area contributed by atoms with Crippen LogP contribution in [0, 0.1) is 5.92 Å². The molecular weight excluding hydrogens is 280 g/mol. The average Bonchev–Trinajstić information content (AvgIpc) is 2.51. The molecule has 0 aromatic carbocycles. The Morgan fingerprint density at radius 2 is 2.05 bits per heavy atom. The summed E-state index contributed by atoms with van der Waals surface area (Å²) in [6.45, 7) is 5.26. The van der Waals surface area contributed by atoms with Gasteiger partial charge in [-0.1, -0.05) is 26.7 Å². The van der Waals surface area contributed by atoms with Gasteiger partial charge in [-0.2, -0.15) is 4.98 Å². The van der Waals surface area contributed by atoms with Crippen molar-refractivity contribution in [2.24, 2.45) is 5.92 Å². The summed E-state index contributed by atoms with van der Waals surface area (Å²) in [6.07, 6.45) is 5.85. The molecule has 124 valence electrons. The predicted octanol–water partition coefficient (Wildman–Crippen LogP) is 2.98. The Morgan fingerprint density at radius 3 is 2.73 bits per heavy atom. The molecule has 0 bridgehead atoms. The third-order valence-electron chi connectivity index (χ3n) is 4.11. The molecule has 6 nitrogen and oxygen atoms in total. The summed E-state index contributed by atoms with van der Waals surface area (Å²) in [7, 11) is 1.63. The van der Waals surface area contributed by atoms with E-state index < -0.39 is 0 Å². The predicted molar refractivity (Wildman–Crippen MR) is 88.0 cm³/mol. The van der Waals surface area contributed by atoms with Gasteiger partial charge in [-0.25, -0.2) is 4.98 Å². The second-order valence-corrected chi connectivity index (χ2v) is 6.00. The summed E-state index contributed by atoms with van der Waals surface area (Å²) >= 11 is 0. The van der Waals surface area contributed by atoms with Crippen LogP contribution in [0.5, 0.6) is 5.88 Å². The maximum atomic E-state index is 6.20. The highest BCUT2D eigenvalue weighted by Gasteiger charge is 2.23. The highest BCUT2D eigenvalue weighted by Crippen LogP contribution is 2.31. The van der Waals surface area contributed by atoms with Gasteiger partial charge in [0.25, 0.3) is 0 Å². The summed E-state index contributed by atoms with van der Waals surface area (Å²) in [5.74, 6) is 2.34. The molecule has 3 N–H and O–H groups in total. The fraction of sp³-hybridized carbons (Fsp3) is 0.750. The molecule has 1 aliphatic rings. The topological polar surface area (TPSA) is 82.3 Å². The Hall–Kier alpha value is -1.56. The van der Waals surface area contributed by atoms with Crippen LogP contribution < -0.4 is 15.8 Å². The largest absolute Gasteiger partial charge is 0.476 e. The van der Waals surface area contributed by atoms with E-state index >= 15 is 0 Å². The van der Waals surface area contributed by atoms with Crippen LogP contribution in [0.2, 0.25) is 0 Å². The molecule has 1 saturated carbocycles. The van der Waals surface area contributed by atoms with E-state index in [0.29, 0.717) is 48.4 Å². The van der Waals surface area contributed by atoms with Gasteiger partial charge >= 0.3 is 0 Å². The van der Waals surface area contributed by atoms with E-state index in [1.54, 1.807) is 7.11 Å². The van der Waals surface area contributed by atoms with Gasteiger partial charge in [0.15, 0.2) is 11.6 Å². The fourth-order valence-corrected chi connectivity index (χ4v) is 2.81. The maximum absolute atomic E-state index is 6.20. The molecule has 2 atom stereocenters. The Labute approximate surface area is 132 Å². The molecule has 1 aromatic heterocycles. The van der Waals surface area contributed by atoms with Crippen molar-refractivity contribution in [2.45, 2.75) is 58.6 Å². The molecule has 0 radical (unpaired) electrons. The average molecular weight is 308 g/mol. The van der Waals surface area contributed by atoms with Gasteiger partial charge in [0.2, 0.25) is 5.88 Å². The number of nitrogens with zero attached hydrogens (tertiary/aromatic N) is 2. The Morgan fingerprint density at radius 1 is 1.27 bits per heavy atom. The number of rotatable bonds is 7. The first-order valence-corrected chi connectivity index (χ1v) is 8.20. The van der Waals surface area contributed by atoms with Crippen molar-refractivity contribution in [1.29, 1.82) is 0 Å². The minimum Gasteiger partial charge on any atom is -0.476 e. The SMILES string of the molecule is CCCOc1nc(COC)nc(NC2CCCCC2C)c1N. The van der Waals surface area contributed by atoms with Crippen LogP contribution in [-0.4, -0.2) is 29.7 Å². The highest BCUT2D eigenvalue weighted by atomic mass is 16.5. The summed E-state index contributed by atoms with van der Waals surface area (Å²) in [6, 6.07) is 0.403. The molecule has 1 aliphatic carbocycles. The molecule has 0 saturated heterocycles. The van der Waals surface area contributed by atoms with Crippen molar-refractivity contribution >= 4 is 11.5 Å². The summed E-state index contributed by atoms with van der Waals surface area (Å²) < 4.78 is 10.8. The first-order valence-electron chi connectivity index (χ1n) is 8.20. The Kier molecular flexibility index (Phi) is 6.24. The molecule has 0 spiro atoms. The lowest BCUT2D eigenvalue weighted by molar-refractivity contribution is 0.176. The molecule has 2 unspecified atom stereocenters. The molecule has 1 aromatic rings. The minimum atomic E-state index is 0.345. The number of hydrogen-bond donors (Lipinski definition) is 2. The number of ether oxygens (including phenoxy) is 2. The third-order valence-corrected chi connectivity index (χ3v) is 4.11. The van der Waals surface area contributed by atoms with Crippen molar-refractivity contribution in [3.63, 3.8) is 0 Å². The molecule has 1 heterocycles. The standard InChI is InChI=1S/C16H28N4O2/c1-4-9-22-16-14(17)15(19-13(20-16)10-21-3)18-12-8-6-5-7-11(12)2/h11-12H,4-10,17H2,1-3H3,(H,18,19,20). The molecule has 6 heteroatoms. The minimum absolute atomic E-state index is 0.345. The molecule has 0 amide bonds. The summed E-state index contributed by atoms with van der Waals surface area (Å²) in [5, 5.41) is 3.50. The molecule has 2 rings (SSSR count). The number of hydrogen-bond acceptors (Lipinski definition) is 6. The van der Waals surface area contributed by atoms with Gasteiger partial charge in [-0.3, -0.25) is 0 Å². The lowest BCUT2D eigenvalue weighted by Crippen LogP contribution is -2.31. The summed E-state index contributed by atoms with van der Waals surface area (Å²) in [5.41, 5.74) is 6.69. The van der Waals surface area contributed by atoms with Gasteiger partial charge in [-0.15, -0.1) is 0 Å². The van der Waals surface area contributed by atoms with Crippen LogP contribution >= 0.6 is 0 Å². The zero-order chi connectivity index (χ0) is 15.9. The van der Waals surface area contributed by atoms with Crippen LogP contribution in [0.4, 0.5) is 11.5 Å². The lowest BCUT2D eigenvalue weighted by Gasteiger charge is -2.30. The Balaban J connectivity index is 2.21. The van der Waals surface area contributed by atoms with Gasteiger partial charge in [0, 0.05) is 13.2 Å². The monoisotopic (exact) mass is 308 g/mol. The van der Waals surface area contributed by atoms with E-state index in [1.165, 1.54) is 19.3 Å². The van der Waals surface area contributed by atoms with Gasteiger partial charge in [0.05, 0.1) is 6.61 Å². The van der Waals surface area contributed by atoms with Crippen molar-refractivity contribution in [3.8, 4) is 5.88 Å². The summed E-state index contributed by atoms with van der Waals surface area (Å²) in [4.78, 5) is 8.86. The van der Waals surface area contributed by atoms with Crippen LogP contribution in [0.25, 0.3) is 0 Å². The number of methoxy groups -OCH3 is 1. The lowest BCUT2D eigenvalue weighted by atomic mass is 9.86. The van der Waals surface area contributed by atoms with E-state index in [0.717, 1.165) is 12.8 Å². The molecule has 0 aliphatic heterocycles. The molecule has 22 heavy (non-hydrogen) atoms. The van der Waals surface area contributed by atoms with E-state index in [9.17, 15) is 0 Å². The third kappa shape index (κ3) is 4.22. The first kappa shape index (κ1) is 16.8. The maximum Gasteiger partial charge on any atom is 0.242 e. The second kappa shape index (κ2) is 8.17. The highest BCUT2D eigenvalue weighted by molar-refractivity contribution is 5.67. The van der Waals surface area contributed by atoms with Gasteiger partial charge in [-0.05, 0) is 25.2 Å². The fourth-order valence-electron chi connectivity index (χ4n) is 2.81. The number of aromatic nitrogens is 2. The zero-order valence-corrected chi connectivity index (χ0v) is 13.9. The van der Waals surface area contributed by atoms with Crippen LogP contribution in [0.1, 0.15) is 51.8 Å². The van der Waals surface area contributed by atoms with Gasteiger partial charge in [0.1, 0.15) is 12.3 Å². The van der Waals surface area contributed by atoms with Crippen molar-refractivity contribution in [3.05, 3.63) is 5.82 Å². The number of anilines is 2. The second-order valence-electron chi connectivity index (χ2n) is 6.00. The van der Waals surface area contributed by atoms with E-state index in [-0.39, 0.29) is 0 Å². The van der Waals surface area contributed by atoms with Crippen LogP contribution in [-0.2, 0) is 11.3 Å². The Bertz CT molecular complexity index is 481. The van der Waals surface area contributed by atoms with E-state index in [4.69, 9.17) is 15.2 Å².